The highest BCUT2D eigenvalue weighted by Gasteiger charge is 2.13. The van der Waals surface area contributed by atoms with E-state index in [1.54, 1.807) is 6.26 Å². The zero-order valence-electron chi connectivity index (χ0n) is 12.5. The summed E-state index contributed by atoms with van der Waals surface area (Å²) in [5.41, 5.74) is 2.23. The van der Waals surface area contributed by atoms with Gasteiger partial charge in [-0.3, -0.25) is 0 Å². The fourth-order valence-electron chi connectivity index (χ4n) is 2.73. The number of furan rings is 1. The van der Waals surface area contributed by atoms with Crippen LogP contribution in [0.2, 0.25) is 0 Å². The van der Waals surface area contributed by atoms with E-state index < -0.39 is 0 Å². The molecule has 0 aliphatic heterocycles. The number of para-hydroxylation sites is 2. The van der Waals surface area contributed by atoms with E-state index in [0.29, 0.717) is 6.04 Å². The van der Waals surface area contributed by atoms with Crippen LogP contribution >= 0.6 is 0 Å². The van der Waals surface area contributed by atoms with Crippen molar-refractivity contribution in [2.45, 2.75) is 32.7 Å². The zero-order chi connectivity index (χ0) is 14.7. The highest BCUT2D eigenvalue weighted by Crippen LogP contribution is 2.25. The maximum Gasteiger partial charge on any atom is 0.134 e. The molecule has 0 radical (unpaired) electrons. The largest absolute Gasteiger partial charge is 0.465 e. The first kappa shape index (κ1) is 13.7. The van der Waals surface area contributed by atoms with E-state index in [2.05, 4.69) is 36.6 Å². The molecule has 0 fully saturated rings. The smallest absolute Gasteiger partial charge is 0.134 e. The first-order chi connectivity index (χ1) is 10.3. The lowest BCUT2D eigenvalue weighted by Crippen LogP contribution is -2.06. The molecule has 0 amide bonds. The molecule has 0 N–H and O–H groups in total. The van der Waals surface area contributed by atoms with Gasteiger partial charge < -0.3 is 8.98 Å². The van der Waals surface area contributed by atoms with Crippen LogP contribution in [0.1, 0.15) is 44.3 Å². The van der Waals surface area contributed by atoms with Gasteiger partial charge in [-0.2, -0.15) is 0 Å². The summed E-state index contributed by atoms with van der Waals surface area (Å²) in [6.07, 6.45) is 7.99. The molecule has 0 aliphatic carbocycles. The Balaban J connectivity index is 2.06. The van der Waals surface area contributed by atoms with Crippen molar-refractivity contribution in [2.24, 2.45) is 0 Å². The summed E-state index contributed by atoms with van der Waals surface area (Å²) in [6, 6.07) is 12.6. The molecule has 0 aliphatic rings. The minimum Gasteiger partial charge on any atom is -0.465 e. The standard InChI is InChI=1S/C18H20N2O/c1-3-7-14(2)20-17-10-5-4-9-16(17)19-18(20)12-11-15-8-6-13-21-15/h4-6,8-14H,3,7H2,1-2H3/b12-11+. The number of rotatable bonds is 5. The van der Waals surface area contributed by atoms with Crippen LogP contribution in [-0.4, -0.2) is 9.55 Å². The molecule has 3 heteroatoms. The number of hydrogen-bond acceptors (Lipinski definition) is 2. The summed E-state index contributed by atoms with van der Waals surface area (Å²) in [4.78, 5) is 4.75. The van der Waals surface area contributed by atoms with Crippen LogP contribution in [0.25, 0.3) is 23.2 Å². The fourth-order valence-corrected chi connectivity index (χ4v) is 2.73. The lowest BCUT2D eigenvalue weighted by Gasteiger charge is -2.15. The van der Waals surface area contributed by atoms with Crippen molar-refractivity contribution in [3.63, 3.8) is 0 Å². The number of hydrogen-bond donors (Lipinski definition) is 0. The maximum atomic E-state index is 5.35. The molecule has 2 aromatic heterocycles. The summed E-state index contributed by atoms with van der Waals surface area (Å²) < 4.78 is 7.67. The predicted octanol–water partition coefficient (Wildman–Crippen LogP) is 5.16. The molecule has 0 saturated carbocycles. The van der Waals surface area contributed by atoms with Gasteiger partial charge in [0, 0.05) is 6.04 Å². The third-order valence-corrected chi connectivity index (χ3v) is 3.71. The van der Waals surface area contributed by atoms with Crippen LogP contribution in [-0.2, 0) is 0 Å². The van der Waals surface area contributed by atoms with Crippen molar-refractivity contribution in [2.75, 3.05) is 0 Å². The topological polar surface area (TPSA) is 31.0 Å². The average Bonchev–Trinajstić information content (AvgIpc) is 3.12. The van der Waals surface area contributed by atoms with Crippen LogP contribution in [0.4, 0.5) is 0 Å². The Kier molecular flexibility index (Phi) is 3.91. The molecule has 3 aromatic rings. The van der Waals surface area contributed by atoms with E-state index in [1.807, 2.05) is 30.4 Å². The van der Waals surface area contributed by atoms with Gasteiger partial charge in [-0.15, -0.1) is 0 Å². The van der Waals surface area contributed by atoms with Gasteiger partial charge in [0.1, 0.15) is 11.6 Å². The molecule has 0 spiro atoms. The first-order valence-corrected chi connectivity index (χ1v) is 7.48. The van der Waals surface area contributed by atoms with Crippen molar-refractivity contribution in [3.05, 3.63) is 54.2 Å². The Labute approximate surface area is 124 Å². The van der Waals surface area contributed by atoms with Gasteiger partial charge in [-0.1, -0.05) is 25.5 Å². The van der Waals surface area contributed by atoms with Crippen LogP contribution < -0.4 is 0 Å². The Bertz CT molecular complexity index is 738. The van der Waals surface area contributed by atoms with Gasteiger partial charge in [-0.25, -0.2) is 4.98 Å². The monoisotopic (exact) mass is 280 g/mol. The van der Waals surface area contributed by atoms with E-state index >= 15 is 0 Å². The SMILES string of the molecule is CCCC(C)n1c(/C=C/c2ccco2)nc2ccccc21. The number of fused-ring (bicyclic) bond motifs is 1. The second kappa shape index (κ2) is 6.00. The van der Waals surface area contributed by atoms with Crippen molar-refractivity contribution in [1.82, 2.24) is 9.55 Å². The third-order valence-electron chi connectivity index (χ3n) is 3.71. The minimum absolute atomic E-state index is 0.429. The molecule has 3 rings (SSSR count). The summed E-state index contributed by atoms with van der Waals surface area (Å²) in [6.45, 7) is 4.47. The van der Waals surface area contributed by atoms with Crippen molar-refractivity contribution in [1.29, 1.82) is 0 Å². The van der Waals surface area contributed by atoms with Gasteiger partial charge in [0.2, 0.25) is 0 Å². The molecule has 2 heterocycles. The summed E-state index contributed by atoms with van der Waals surface area (Å²) in [5, 5.41) is 0. The lowest BCUT2D eigenvalue weighted by molar-refractivity contribution is 0.509. The number of nitrogens with zero attached hydrogens (tertiary/aromatic N) is 2. The van der Waals surface area contributed by atoms with Crippen molar-refractivity contribution in [3.8, 4) is 0 Å². The maximum absolute atomic E-state index is 5.35. The van der Waals surface area contributed by atoms with Crippen molar-refractivity contribution >= 4 is 23.2 Å². The minimum atomic E-state index is 0.429. The van der Waals surface area contributed by atoms with E-state index in [4.69, 9.17) is 9.40 Å². The van der Waals surface area contributed by atoms with Gasteiger partial charge in [0.15, 0.2) is 0 Å². The number of benzene rings is 1. The molecule has 108 valence electrons. The highest BCUT2D eigenvalue weighted by atomic mass is 16.3. The van der Waals surface area contributed by atoms with Gasteiger partial charge in [-0.05, 0) is 49.8 Å². The third kappa shape index (κ3) is 2.77. The van der Waals surface area contributed by atoms with Crippen LogP contribution in [0.3, 0.4) is 0 Å². The highest BCUT2D eigenvalue weighted by molar-refractivity contribution is 5.79. The summed E-state index contributed by atoms with van der Waals surface area (Å²) in [7, 11) is 0. The number of imidazole rings is 1. The lowest BCUT2D eigenvalue weighted by atomic mass is 10.2. The predicted molar refractivity (Wildman–Crippen MR) is 87.0 cm³/mol. The van der Waals surface area contributed by atoms with E-state index in [9.17, 15) is 0 Å². The summed E-state index contributed by atoms with van der Waals surface area (Å²) in [5.74, 6) is 1.82. The Hall–Kier alpha value is -2.29. The molecular formula is C18H20N2O. The number of aromatic nitrogens is 2. The van der Waals surface area contributed by atoms with Gasteiger partial charge in [0.25, 0.3) is 0 Å². The fraction of sp³-hybridized carbons (Fsp3) is 0.278. The van der Waals surface area contributed by atoms with E-state index in [0.717, 1.165) is 29.9 Å². The quantitative estimate of drug-likeness (QED) is 0.646. The van der Waals surface area contributed by atoms with Crippen LogP contribution in [0.15, 0.2) is 47.1 Å². The average molecular weight is 280 g/mol. The second-order valence-electron chi connectivity index (χ2n) is 5.32. The molecule has 1 aromatic carbocycles. The molecule has 21 heavy (non-hydrogen) atoms. The first-order valence-electron chi connectivity index (χ1n) is 7.48. The molecule has 3 nitrogen and oxygen atoms in total. The molecule has 0 bridgehead atoms. The Morgan fingerprint density at radius 2 is 2.05 bits per heavy atom. The molecule has 0 saturated heterocycles. The van der Waals surface area contributed by atoms with Crippen LogP contribution in [0.5, 0.6) is 0 Å². The molecular weight excluding hydrogens is 260 g/mol. The van der Waals surface area contributed by atoms with E-state index in [1.165, 1.54) is 5.52 Å². The Morgan fingerprint density at radius 1 is 1.19 bits per heavy atom. The second-order valence-corrected chi connectivity index (χ2v) is 5.32. The van der Waals surface area contributed by atoms with Gasteiger partial charge >= 0.3 is 0 Å². The Morgan fingerprint density at radius 3 is 2.81 bits per heavy atom. The molecule has 1 atom stereocenters. The zero-order valence-corrected chi connectivity index (χ0v) is 12.5. The van der Waals surface area contributed by atoms with Gasteiger partial charge in [0.05, 0.1) is 17.3 Å². The van der Waals surface area contributed by atoms with Crippen molar-refractivity contribution < 1.29 is 4.42 Å². The van der Waals surface area contributed by atoms with Crippen LogP contribution in [0, 0.1) is 0 Å². The summed E-state index contributed by atoms with van der Waals surface area (Å²) >= 11 is 0. The normalized spacial score (nSPS) is 13.2. The molecule has 1 unspecified atom stereocenters. The van der Waals surface area contributed by atoms with E-state index in [-0.39, 0.29) is 0 Å².